The van der Waals surface area contributed by atoms with Gasteiger partial charge in [-0.3, -0.25) is 9.48 Å². The van der Waals surface area contributed by atoms with E-state index in [2.05, 4.69) is 10.2 Å². The van der Waals surface area contributed by atoms with Crippen molar-refractivity contribution in [2.24, 2.45) is 7.05 Å². The molecule has 3 heterocycles. The van der Waals surface area contributed by atoms with E-state index in [0.29, 0.717) is 28.5 Å². The van der Waals surface area contributed by atoms with Crippen LogP contribution in [-0.4, -0.2) is 24.5 Å². The normalized spacial score (nSPS) is 11.0. The van der Waals surface area contributed by atoms with Crippen molar-refractivity contribution in [2.45, 2.75) is 6.92 Å². The Balaban J connectivity index is 1.80. The molecule has 0 amide bonds. The summed E-state index contributed by atoms with van der Waals surface area (Å²) in [6, 6.07) is 22.7. The molecule has 5 rings (SSSR count). The summed E-state index contributed by atoms with van der Waals surface area (Å²) in [4.78, 5) is 18.4. The zero-order valence-corrected chi connectivity index (χ0v) is 17.1. The molecule has 0 aliphatic rings. The Morgan fingerprint density at radius 1 is 0.839 bits per heavy atom. The monoisotopic (exact) mass is 409 g/mol. The summed E-state index contributed by atoms with van der Waals surface area (Å²) in [5, 5.41) is 8.71. The Bertz CT molecular complexity index is 1400. The van der Waals surface area contributed by atoms with Gasteiger partial charge >= 0.3 is 0 Å². The lowest BCUT2D eigenvalue weighted by molar-refractivity contribution is 0.576. The van der Waals surface area contributed by atoms with Gasteiger partial charge in [-0.15, -0.1) is 10.2 Å². The molecule has 152 valence electrons. The van der Waals surface area contributed by atoms with Gasteiger partial charge in [0, 0.05) is 18.3 Å². The molecule has 0 fully saturated rings. The van der Waals surface area contributed by atoms with E-state index in [4.69, 9.17) is 9.40 Å². The van der Waals surface area contributed by atoms with E-state index in [1.54, 1.807) is 23.1 Å². The Labute approximate surface area is 178 Å². The molecule has 5 aromatic rings. The van der Waals surface area contributed by atoms with Crippen LogP contribution < -0.4 is 5.56 Å². The van der Waals surface area contributed by atoms with Gasteiger partial charge in [-0.1, -0.05) is 48.5 Å². The lowest BCUT2D eigenvalue weighted by Gasteiger charge is -2.08. The van der Waals surface area contributed by atoms with Gasteiger partial charge in [0.2, 0.25) is 5.82 Å². The molecule has 0 radical (unpaired) electrons. The van der Waals surface area contributed by atoms with E-state index in [1.807, 2.05) is 79.3 Å². The molecule has 7 heteroatoms. The third kappa shape index (κ3) is 3.16. The lowest BCUT2D eigenvalue weighted by Crippen LogP contribution is -2.20. The number of hydrogen-bond donors (Lipinski definition) is 0. The molecular weight excluding hydrogens is 390 g/mol. The van der Waals surface area contributed by atoms with Crippen LogP contribution in [0.5, 0.6) is 0 Å². The minimum Gasteiger partial charge on any atom is -0.461 e. The third-order valence-electron chi connectivity index (χ3n) is 5.27. The first-order valence-corrected chi connectivity index (χ1v) is 9.83. The second kappa shape index (κ2) is 7.53. The van der Waals surface area contributed by atoms with Crippen LogP contribution in [0.15, 0.2) is 88.3 Å². The fourth-order valence-electron chi connectivity index (χ4n) is 3.64. The second-order valence-corrected chi connectivity index (χ2v) is 7.11. The van der Waals surface area contributed by atoms with Crippen LogP contribution in [0.4, 0.5) is 0 Å². The van der Waals surface area contributed by atoms with Crippen LogP contribution in [0, 0.1) is 6.92 Å². The third-order valence-corrected chi connectivity index (χ3v) is 5.27. The highest BCUT2D eigenvalue weighted by Crippen LogP contribution is 2.30. The van der Waals surface area contributed by atoms with Crippen molar-refractivity contribution in [3.05, 3.63) is 95.1 Å². The maximum Gasteiger partial charge on any atom is 0.281 e. The van der Waals surface area contributed by atoms with Crippen molar-refractivity contribution in [1.29, 1.82) is 0 Å². The van der Waals surface area contributed by atoms with Gasteiger partial charge in [0.15, 0.2) is 5.76 Å². The summed E-state index contributed by atoms with van der Waals surface area (Å²) in [6.07, 6.45) is 1.56. The largest absolute Gasteiger partial charge is 0.461 e. The summed E-state index contributed by atoms with van der Waals surface area (Å²) in [5.41, 5.74) is 3.71. The van der Waals surface area contributed by atoms with Crippen LogP contribution in [-0.2, 0) is 7.05 Å². The average molecular weight is 409 g/mol. The molecule has 0 N–H and O–H groups in total. The van der Waals surface area contributed by atoms with Crippen molar-refractivity contribution in [2.75, 3.05) is 0 Å². The highest BCUT2D eigenvalue weighted by molar-refractivity contribution is 5.79. The summed E-state index contributed by atoms with van der Waals surface area (Å²) in [6.45, 7) is 1.90. The van der Waals surface area contributed by atoms with Gasteiger partial charge in [-0.2, -0.15) is 0 Å². The van der Waals surface area contributed by atoms with E-state index in [9.17, 15) is 4.79 Å². The minimum absolute atomic E-state index is 0.172. The smallest absolute Gasteiger partial charge is 0.281 e. The summed E-state index contributed by atoms with van der Waals surface area (Å²) in [7, 11) is 1.86. The number of nitrogens with zero attached hydrogens (tertiary/aromatic N) is 5. The first-order chi connectivity index (χ1) is 15.1. The number of benzene rings is 2. The van der Waals surface area contributed by atoms with Crippen molar-refractivity contribution in [3.8, 4) is 39.8 Å². The number of hydrogen-bond acceptors (Lipinski definition) is 5. The van der Waals surface area contributed by atoms with Crippen LogP contribution in [0.3, 0.4) is 0 Å². The van der Waals surface area contributed by atoms with Gasteiger partial charge in [0.05, 0.1) is 17.5 Å². The molecule has 31 heavy (non-hydrogen) atoms. The lowest BCUT2D eigenvalue weighted by atomic mass is 10.0. The number of aromatic nitrogens is 5. The molecule has 3 aromatic heterocycles. The standard InChI is InChI=1S/C24H19N5O2/c1-16-20(24(30)29(28(16)2)18-12-7-4-8-13-18)22-21(17-10-5-3-6-11-17)26-27-23(25-22)19-14-9-15-31-19/h3-15H,1-2H3. The fourth-order valence-corrected chi connectivity index (χ4v) is 3.64. The van der Waals surface area contributed by atoms with E-state index in [-0.39, 0.29) is 5.56 Å². The predicted octanol–water partition coefficient (Wildman–Crippen LogP) is 4.26. The zero-order chi connectivity index (χ0) is 21.4. The van der Waals surface area contributed by atoms with Gasteiger partial charge in [-0.25, -0.2) is 9.67 Å². The first kappa shape index (κ1) is 18.7. The van der Waals surface area contributed by atoms with Crippen LogP contribution >= 0.6 is 0 Å². The summed E-state index contributed by atoms with van der Waals surface area (Å²) in [5.74, 6) is 0.818. The van der Waals surface area contributed by atoms with Crippen LogP contribution in [0.2, 0.25) is 0 Å². The highest BCUT2D eigenvalue weighted by Gasteiger charge is 2.24. The molecule has 0 unspecified atom stereocenters. The molecule has 0 atom stereocenters. The predicted molar refractivity (Wildman–Crippen MR) is 118 cm³/mol. The Morgan fingerprint density at radius 2 is 1.55 bits per heavy atom. The highest BCUT2D eigenvalue weighted by atomic mass is 16.3. The van der Waals surface area contributed by atoms with Gasteiger partial charge in [0.1, 0.15) is 11.4 Å². The topological polar surface area (TPSA) is 78.7 Å². The van der Waals surface area contributed by atoms with Crippen LogP contribution in [0.25, 0.3) is 39.8 Å². The average Bonchev–Trinajstić information content (AvgIpc) is 3.42. The van der Waals surface area contributed by atoms with E-state index in [0.717, 1.165) is 16.9 Å². The number of furan rings is 1. The minimum atomic E-state index is -0.172. The molecule has 0 bridgehead atoms. The van der Waals surface area contributed by atoms with E-state index in [1.165, 1.54) is 0 Å². The van der Waals surface area contributed by atoms with Crippen molar-refractivity contribution >= 4 is 0 Å². The summed E-state index contributed by atoms with van der Waals surface area (Å²) >= 11 is 0. The molecule has 0 saturated heterocycles. The molecular formula is C24H19N5O2. The van der Waals surface area contributed by atoms with E-state index < -0.39 is 0 Å². The number of rotatable bonds is 4. The molecule has 7 nitrogen and oxygen atoms in total. The Hall–Kier alpha value is -4.26. The summed E-state index contributed by atoms with van der Waals surface area (Å²) < 4.78 is 8.92. The van der Waals surface area contributed by atoms with Crippen LogP contribution in [0.1, 0.15) is 5.69 Å². The van der Waals surface area contributed by atoms with Gasteiger partial charge < -0.3 is 4.42 Å². The van der Waals surface area contributed by atoms with Crippen molar-refractivity contribution < 1.29 is 4.42 Å². The quantitative estimate of drug-likeness (QED) is 0.443. The second-order valence-electron chi connectivity index (χ2n) is 7.11. The van der Waals surface area contributed by atoms with Crippen molar-refractivity contribution in [1.82, 2.24) is 24.5 Å². The van der Waals surface area contributed by atoms with Crippen molar-refractivity contribution in [3.63, 3.8) is 0 Å². The molecule has 0 aliphatic heterocycles. The molecule has 0 spiro atoms. The SMILES string of the molecule is Cc1c(-c2nc(-c3ccco3)nnc2-c2ccccc2)c(=O)n(-c2ccccc2)n1C. The Kier molecular flexibility index (Phi) is 4.55. The fraction of sp³-hybridized carbons (Fsp3) is 0.0833. The maximum atomic E-state index is 13.6. The van der Waals surface area contributed by atoms with Gasteiger partial charge in [0.25, 0.3) is 5.56 Å². The molecule has 2 aromatic carbocycles. The molecule has 0 aliphatic carbocycles. The van der Waals surface area contributed by atoms with Gasteiger partial charge in [-0.05, 0) is 31.2 Å². The molecule has 0 saturated carbocycles. The van der Waals surface area contributed by atoms with E-state index >= 15 is 0 Å². The first-order valence-electron chi connectivity index (χ1n) is 9.83. The Morgan fingerprint density at radius 3 is 2.23 bits per heavy atom. The maximum absolute atomic E-state index is 13.6. The number of para-hydroxylation sites is 1. The zero-order valence-electron chi connectivity index (χ0n) is 17.1.